The number of hydrogen-bond acceptors (Lipinski definition) is 6. The van der Waals surface area contributed by atoms with E-state index in [-0.39, 0.29) is 24.8 Å². The number of amides is 1. The lowest BCUT2D eigenvalue weighted by Gasteiger charge is -2.36. The number of aromatic nitrogens is 2. The normalized spacial score (nSPS) is 20.8. The van der Waals surface area contributed by atoms with E-state index < -0.39 is 5.91 Å². The smallest absolute Gasteiger partial charge is 0.267 e. The molecule has 2 fully saturated rings. The van der Waals surface area contributed by atoms with Crippen LogP contribution in [0.5, 0.6) is 0 Å². The number of rotatable bonds is 6. The average Bonchev–Trinajstić information content (AvgIpc) is 2.68. The molecule has 28 heavy (non-hydrogen) atoms. The molecule has 9 heteroatoms. The van der Waals surface area contributed by atoms with E-state index in [1.165, 1.54) is 57.7 Å². The van der Waals surface area contributed by atoms with E-state index in [1.54, 1.807) is 23.9 Å². The fourth-order valence-corrected chi connectivity index (χ4v) is 3.96. The van der Waals surface area contributed by atoms with E-state index in [2.05, 4.69) is 20.2 Å². The number of nitrogens with one attached hydrogen (secondary N) is 2. The van der Waals surface area contributed by atoms with Crippen LogP contribution in [-0.4, -0.2) is 51.7 Å². The van der Waals surface area contributed by atoms with Crippen LogP contribution in [0.3, 0.4) is 0 Å². The molecule has 1 amide bonds. The molecule has 1 aliphatic carbocycles. The van der Waals surface area contributed by atoms with Gasteiger partial charge in [0.05, 0.1) is 0 Å². The van der Waals surface area contributed by atoms with Gasteiger partial charge in [-0.05, 0) is 44.2 Å². The van der Waals surface area contributed by atoms with Crippen LogP contribution in [0, 0.1) is 5.92 Å². The number of carbonyl (C=O) groups excluding carboxylic acids is 1. The molecule has 3 N–H and O–H groups in total. The summed E-state index contributed by atoms with van der Waals surface area (Å²) >= 11 is 0. The van der Waals surface area contributed by atoms with Gasteiger partial charge in [0, 0.05) is 43.2 Å². The lowest BCUT2D eigenvalue weighted by molar-refractivity contribution is -0.124. The highest BCUT2D eigenvalue weighted by Crippen LogP contribution is 2.25. The van der Waals surface area contributed by atoms with Gasteiger partial charge in [-0.15, -0.1) is 24.8 Å². The third kappa shape index (κ3) is 7.91. The Morgan fingerprint density at radius 3 is 2.54 bits per heavy atom. The fourth-order valence-electron chi connectivity index (χ4n) is 3.96. The Labute approximate surface area is 179 Å². The number of hydrogen-bond donors (Lipinski definition) is 3. The summed E-state index contributed by atoms with van der Waals surface area (Å²) in [7, 11) is 0. The van der Waals surface area contributed by atoms with Crippen molar-refractivity contribution in [3.05, 3.63) is 24.0 Å². The molecule has 1 saturated carbocycles. The van der Waals surface area contributed by atoms with Gasteiger partial charge in [-0.25, -0.2) is 15.4 Å². The molecule has 0 aromatic carbocycles. The van der Waals surface area contributed by atoms with Gasteiger partial charge in [-0.1, -0.05) is 19.3 Å². The largest absolute Gasteiger partial charge is 0.350 e. The summed E-state index contributed by atoms with van der Waals surface area (Å²) in [5.74, 6) is 0.923. The van der Waals surface area contributed by atoms with Crippen molar-refractivity contribution < 1.29 is 10.0 Å². The van der Waals surface area contributed by atoms with Crippen LogP contribution in [0.4, 0.5) is 5.95 Å². The summed E-state index contributed by atoms with van der Waals surface area (Å²) in [6.45, 7) is 3.49. The molecular formula is C19H31Cl2N5O2. The van der Waals surface area contributed by atoms with Gasteiger partial charge in [-0.3, -0.25) is 10.0 Å². The molecule has 1 aliphatic heterocycles. The van der Waals surface area contributed by atoms with Crippen LogP contribution in [0.2, 0.25) is 0 Å². The molecule has 0 unspecified atom stereocenters. The maximum atomic E-state index is 11.0. The minimum absolute atomic E-state index is 0. The third-order valence-corrected chi connectivity index (χ3v) is 5.29. The number of anilines is 1. The Balaban J connectivity index is 0.00000196. The number of piperidine rings is 1. The molecular weight excluding hydrogens is 401 g/mol. The molecule has 7 nitrogen and oxygen atoms in total. The Bertz CT molecular complexity index is 609. The molecule has 1 atom stereocenters. The quantitative estimate of drug-likeness (QED) is 0.363. The van der Waals surface area contributed by atoms with Crippen molar-refractivity contribution in [2.75, 3.05) is 25.0 Å². The van der Waals surface area contributed by atoms with Crippen LogP contribution < -0.4 is 10.8 Å². The van der Waals surface area contributed by atoms with Gasteiger partial charge in [0.2, 0.25) is 5.95 Å². The van der Waals surface area contributed by atoms with Gasteiger partial charge in [0.25, 0.3) is 5.91 Å². The number of hydroxylamine groups is 1. The molecule has 1 aromatic rings. The summed E-state index contributed by atoms with van der Waals surface area (Å²) < 4.78 is 0. The predicted molar refractivity (Wildman–Crippen MR) is 115 cm³/mol. The number of nitrogens with zero attached hydrogens (tertiary/aromatic N) is 3. The van der Waals surface area contributed by atoms with Crippen molar-refractivity contribution >= 4 is 42.7 Å². The number of carbonyl (C=O) groups is 1. The monoisotopic (exact) mass is 431 g/mol. The second kappa shape index (κ2) is 12.9. The summed E-state index contributed by atoms with van der Waals surface area (Å²) in [4.78, 5) is 22.2. The van der Waals surface area contributed by atoms with Crippen molar-refractivity contribution in [2.45, 2.75) is 51.0 Å². The van der Waals surface area contributed by atoms with Crippen LogP contribution in [-0.2, 0) is 4.79 Å². The van der Waals surface area contributed by atoms with Gasteiger partial charge in [0.15, 0.2) is 0 Å². The highest BCUT2D eigenvalue weighted by molar-refractivity contribution is 5.90. The van der Waals surface area contributed by atoms with E-state index in [4.69, 9.17) is 5.21 Å². The van der Waals surface area contributed by atoms with Gasteiger partial charge < -0.3 is 10.2 Å². The molecule has 2 heterocycles. The Hall–Kier alpha value is -1.41. The lowest BCUT2D eigenvalue weighted by Crippen LogP contribution is -2.44. The minimum Gasteiger partial charge on any atom is -0.350 e. The predicted octanol–water partition coefficient (Wildman–Crippen LogP) is 3.30. The second-order valence-electron chi connectivity index (χ2n) is 7.40. The van der Waals surface area contributed by atoms with Gasteiger partial charge >= 0.3 is 0 Å². The molecule has 158 valence electrons. The van der Waals surface area contributed by atoms with Crippen LogP contribution in [0.15, 0.2) is 18.5 Å². The summed E-state index contributed by atoms with van der Waals surface area (Å²) in [5, 5.41) is 11.9. The lowest BCUT2D eigenvalue weighted by atomic mass is 9.88. The molecule has 0 spiro atoms. The van der Waals surface area contributed by atoms with Crippen LogP contribution in [0.25, 0.3) is 6.08 Å². The van der Waals surface area contributed by atoms with E-state index in [9.17, 15) is 4.79 Å². The third-order valence-electron chi connectivity index (χ3n) is 5.29. The molecule has 0 bridgehead atoms. The summed E-state index contributed by atoms with van der Waals surface area (Å²) in [6.07, 6.45) is 15.5. The maximum Gasteiger partial charge on any atom is 0.267 e. The van der Waals surface area contributed by atoms with E-state index in [0.717, 1.165) is 18.9 Å². The topological polar surface area (TPSA) is 90.4 Å². The van der Waals surface area contributed by atoms with Crippen molar-refractivity contribution in [3.8, 4) is 0 Å². The van der Waals surface area contributed by atoms with Crippen molar-refractivity contribution in [1.29, 1.82) is 0 Å². The fraction of sp³-hybridized carbons (Fsp3) is 0.632. The highest BCUT2D eigenvalue weighted by Gasteiger charge is 2.23. The Kier molecular flexibility index (Phi) is 11.4. The SMILES string of the molecule is Cl.Cl.O=C(/C=C/c1cnc(N[C@@H]2CCCN(CC3CCCCC3)C2)nc1)NO. The molecule has 1 saturated heterocycles. The van der Waals surface area contributed by atoms with Crippen molar-refractivity contribution in [2.24, 2.45) is 5.92 Å². The highest BCUT2D eigenvalue weighted by atomic mass is 35.5. The first-order valence-electron chi connectivity index (χ1n) is 9.66. The molecule has 0 radical (unpaired) electrons. The first kappa shape index (κ1) is 24.6. The van der Waals surface area contributed by atoms with E-state index in [1.807, 2.05) is 0 Å². The first-order chi connectivity index (χ1) is 12.7. The maximum absolute atomic E-state index is 11.0. The zero-order valence-electron chi connectivity index (χ0n) is 16.0. The number of likely N-dealkylation sites (tertiary alicyclic amines) is 1. The Morgan fingerprint density at radius 1 is 1.14 bits per heavy atom. The van der Waals surface area contributed by atoms with Crippen molar-refractivity contribution in [1.82, 2.24) is 20.3 Å². The Morgan fingerprint density at radius 2 is 1.86 bits per heavy atom. The van der Waals surface area contributed by atoms with Crippen molar-refractivity contribution in [3.63, 3.8) is 0 Å². The minimum atomic E-state index is -0.576. The van der Waals surface area contributed by atoms with Gasteiger partial charge in [-0.2, -0.15) is 0 Å². The zero-order valence-corrected chi connectivity index (χ0v) is 17.7. The van der Waals surface area contributed by atoms with E-state index in [0.29, 0.717) is 17.6 Å². The second-order valence-corrected chi connectivity index (χ2v) is 7.40. The number of halogens is 2. The standard InChI is InChI=1S/C19H29N5O2.2ClH/c25-18(23-26)9-8-16-11-20-19(21-12-16)22-17-7-4-10-24(14-17)13-15-5-2-1-3-6-15;;/h8-9,11-12,15,17,26H,1-7,10,13-14H2,(H,23,25)(H,20,21,22);2*1H/b9-8+;;/t17-;;/m1../s1. The molecule has 1 aromatic heterocycles. The summed E-state index contributed by atoms with van der Waals surface area (Å²) in [6, 6.07) is 0.383. The van der Waals surface area contributed by atoms with Crippen LogP contribution in [0.1, 0.15) is 50.5 Å². The van der Waals surface area contributed by atoms with Gasteiger partial charge in [0.1, 0.15) is 0 Å². The first-order valence-corrected chi connectivity index (χ1v) is 9.66. The van der Waals surface area contributed by atoms with E-state index >= 15 is 0 Å². The molecule has 3 rings (SSSR count). The average molecular weight is 432 g/mol. The zero-order chi connectivity index (χ0) is 18.2. The summed E-state index contributed by atoms with van der Waals surface area (Å²) in [5.41, 5.74) is 2.26. The van der Waals surface area contributed by atoms with Crippen LogP contribution >= 0.6 is 24.8 Å². The molecule has 2 aliphatic rings.